The van der Waals surface area contributed by atoms with Crippen molar-refractivity contribution in [3.05, 3.63) is 40.8 Å². The fourth-order valence-corrected chi connectivity index (χ4v) is 0.580. The van der Waals surface area contributed by atoms with E-state index in [0.717, 1.165) is 0 Å². The number of azide groups is 1. The van der Waals surface area contributed by atoms with Crippen molar-refractivity contribution < 1.29 is 4.84 Å². The first-order valence-electron chi connectivity index (χ1n) is 2.94. The molecule has 5 heteroatoms. The van der Waals surface area contributed by atoms with Gasteiger partial charge in [-0.25, -0.2) is 0 Å². The van der Waals surface area contributed by atoms with E-state index >= 15 is 0 Å². The standard InChI is InChI=1S/C6H6N4O/c7-8-9-10-11-6-4-2-1-3-5-6/h1-5,10H. The van der Waals surface area contributed by atoms with Crippen molar-refractivity contribution in [1.29, 1.82) is 0 Å². The zero-order valence-electron chi connectivity index (χ0n) is 5.64. The minimum Gasteiger partial charge on any atom is -0.301 e. The Balaban J connectivity index is 2.45. The van der Waals surface area contributed by atoms with Crippen molar-refractivity contribution in [3.8, 4) is 5.75 Å². The highest BCUT2D eigenvalue weighted by Gasteiger charge is 1.88. The number of para-hydroxylation sites is 1. The Labute approximate surface area is 63.2 Å². The molecule has 0 fully saturated rings. The van der Waals surface area contributed by atoms with Crippen molar-refractivity contribution >= 4 is 0 Å². The third-order valence-electron chi connectivity index (χ3n) is 0.992. The number of hydrogen-bond acceptors (Lipinski definition) is 2. The van der Waals surface area contributed by atoms with Gasteiger partial charge in [0.1, 0.15) is 0 Å². The number of rotatable bonds is 3. The quantitative estimate of drug-likeness (QED) is 0.309. The van der Waals surface area contributed by atoms with Crippen molar-refractivity contribution in [2.75, 3.05) is 0 Å². The first-order chi connectivity index (χ1) is 5.43. The molecule has 1 aromatic rings. The average Bonchev–Trinajstić information content (AvgIpc) is 2.07. The van der Waals surface area contributed by atoms with E-state index in [1.807, 2.05) is 18.2 Å². The lowest BCUT2D eigenvalue weighted by Crippen LogP contribution is -2.08. The van der Waals surface area contributed by atoms with Crippen LogP contribution in [0.3, 0.4) is 0 Å². The third-order valence-corrected chi connectivity index (χ3v) is 0.992. The van der Waals surface area contributed by atoms with Crippen LogP contribution in [0.25, 0.3) is 10.4 Å². The highest BCUT2D eigenvalue weighted by molar-refractivity contribution is 5.20. The molecule has 0 saturated carbocycles. The number of nitrogens with zero attached hydrogens (tertiary/aromatic N) is 3. The Bertz CT molecular complexity index is 255. The fourth-order valence-electron chi connectivity index (χ4n) is 0.580. The predicted octanol–water partition coefficient (Wildman–Crippen LogP) is 1.80. The first-order valence-corrected chi connectivity index (χ1v) is 2.94. The van der Waals surface area contributed by atoms with Crippen LogP contribution in [0.1, 0.15) is 0 Å². The topological polar surface area (TPSA) is 70.0 Å². The Morgan fingerprint density at radius 1 is 1.36 bits per heavy atom. The molecule has 1 N–H and O–H groups in total. The second kappa shape index (κ2) is 4.03. The lowest BCUT2D eigenvalue weighted by molar-refractivity contribution is 0.199. The summed E-state index contributed by atoms with van der Waals surface area (Å²) >= 11 is 0. The fraction of sp³-hybridized carbons (Fsp3) is 0. The summed E-state index contributed by atoms with van der Waals surface area (Å²) in [5, 5.41) is 2.98. The zero-order valence-corrected chi connectivity index (χ0v) is 5.64. The second-order valence-electron chi connectivity index (χ2n) is 1.70. The molecule has 0 atom stereocenters. The average molecular weight is 150 g/mol. The van der Waals surface area contributed by atoms with E-state index in [1.54, 1.807) is 12.1 Å². The Hall–Kier alpha value is -1.87. The van der Waals surface area contributed by atoms with E-state index in [-0.39, 0.29) is 0 Å². The molecule has 0 radical (unpaired) electrons. The lowest BCUT2D eigenvalue weighted by atomic mass is 10.3. The highest BCUT2D eigenvalue weighted by atomic mass is 16.7. The summed E-state index contributed by atoms with van der Waals surface area (Å²) in [4.78, 5) is 7.22. The van der Waals surface area contributed by atoms with Crippen LogP contribution in [0.4, 0.5) is 0 Å². The van der Waals surface area contributed by atoms with Gasteiger partial charge in [-0.3, -0.25) is 0 Å². The van der Waals surface area contributed by atoms with Gasteiger partial charge in [0.25, 0.3) is 0 Å². The molecule has 0 unspecified atom stereocenters. The maximum absolute atomic E-state index is 7.86. The highest BCUT2D eigenvalue weighted by Crippen LogP contribution is 2.05. The van der Waals surface area contributed by atoms with Crippen LogP contribution in [0.15, 0.2) is 35.6 Å². The first kappa shape index (κ1) is 7.24. The summed E-state index contributed by atoms with van der Waals surface area (Å²) in [5.41, 5.74) is 9.92. The molecule has 0 bridgehead atoms. The van der Waals surface area contributed by atoms with Crippen molar-refractivity contribution in [3.63, 3.8) is 0 Å². The van der Waals surface area contributed by atoms with Crippen LogP contribution >= 0.6 is 0 Å². The van der Waals surface area contributed by atoms with E-state index in [4.69, 9.17) is 10.4 Å². The summed E-state index contributed by atoms with van der Waals surface area (Å²) in [6.07, 6.45) is 0. The summed E-state index contributed by atoms with van der Waals surface area (Å²) < 4.78 is 0. The number of benzene rings is 1. The summed E-state index contributed by atoms with van der Waals surface area (Å²) in [5.74, 6) is 0.597. The van der Waals surface area contributed by atoms with Crippen molar-refractivity contribution in [2.45, 2.75) is 0 Å². The van der Waals surface area contributed by atoms with Gasteiger partial charge in [-0.05, 0) is 12.1 Å². The van der Waals surface area contributed by atoms with E-state index in [9.17, 15) is 0 Å². The number of hydrogen-bond donors (Lipinski definition) is 1. The van der Waals surface area contributed by atoms with Crippen LogP contribution in [0.2, 0.25) is 0 Å². The normalized spacial score (nSPS) is 8.00. The molecule has 1 aromatic carbocycles. The van der Waals surface area contributed by atoms with Crippen LogP contribution < -0.4 is 10.4 Å². The molecule has 0 aliphatic rings. The molecule has 11 heavy (non-hydrogen) atoms. The SMILES string of the molecule is [N-]=[N+]=NNOc1ccccc1. The van der Waals surface area contributed by atoms with E-state index in [1.165, 1.54) is 0 Å². The second-order valence-corrected chi connectivity index (χ2v) is 1.70. The molecule has 56 valence electrons. The van der Waals surface area contributed by atoms with Crippen LogP contribution in [-0.4, -0.2) is 0 Å². The minimum absolute atomic E-state index is 0.597. The van der Waals surface area contributed by atoms with E-state index in [2.05, 4.69) is 15.7 Å². The Morgan fingerprint density at radius 2 is 2.09 bits per heavy atom. The molecular weight excluding hydrogens is 144 g/mol. The molecule has 0 spiro atoms. The Morgan fingerprint density at radius 3 is 2.73 bits per heavy atom. The maximum Gasteiger partial charge on any atom is 0.180 e. The van der Waals surface area contributed by atoms with Crippen LogP contribution in [0.5, 0.6) is 5.75 Å². The monoisotopic (exact) mass is 150 g/mol. The molecule has 5 nitrogen and oxygen atoms in total. The van der Waals surface area contributed by atoms with Gasteiger partial charge in [0.15, 0.2) is 5.75 Å². The van der Waals surface area contributed by atoms with Gasteiger partial charge in [0.05, 0.1) is 0 Å². The number of nitrogens with one attached hydrogen (secondary N) is 1. The van der Waals surface area contributed by atoms with Gasteiger partial charge < -0.3 is 4.84 Å². The molecule has 0 saturated heterocycles. The van der Waals surface area contributed by atoms with E-state index < -0.39 is 0 Å². The largest absolute Gasteiger partial charge is 0.301 e. The van der Waals surface area contributed by atoms with Gasteiger partial charge in [-0.15, -0.1) is 5.53 Å². The van der Waals surface area contributed by atoms with Gasteiger partial charge in [-0.2, -0.15) is 4.91 Å². The summed E-state index contributed by atoms with van der Waals surface area (Å²) in [7, 11) is 0. The molecule has 1 rings (SSSR count). The maximum atomic E-state index is 7.86. The zero-order chi connectivity index (χ0) is 7.94. The van der Waals surface area contributed by atoms with Crippen LogP contribution in [0, 0.1) is 0 Å². The summed E-state index contributed by atoms with van der Waals surface area (Å²) in [6, 6.07) is 8.96. The molecule has 0 aliphatic heterocycles. The van der Waals surface area contributed by atoms with Gasteiger partial charge in [-0.1, -0.05) is 23.8 Å². The Kier molecular flexibility index (Phi) is 2.65. The smallest absolute Gasteiger partial charge is 0.180 e. The predicted molar refractivity (Wildman–Crippen MR) is 39.4 cm³/mol. The lowest BCUT2D eigenvalue weighted by Gasteiger charge is -1.95. The van der Waals surface area contributed by atoms with Gasteiger partial charge in [0.2, 0.25) is 0 Å². The van der Waals surface area contributed by atoms with Crippen molar-refractivity contribution in [2.24, 2.45) is 5.22 Å². The molecular formula is C6H6N4O. The molecule has 0 aromatic heterocycles. The minimum atomic E-state index is 0.597. The van der Waals surface area contributed by atoms with Crippen LogP contribution in [-0.2, 0) is 0 Å². The molecule has 0 heterocycles. The van der Waals surface area contributed by atoms with Crippen molar-refractivity contribution in [1.82, 2.24) is 5.59 Å². The molecule has 0 amide bonds. The van der Waals surface area contributed by atoms with Gasteiger partial charge >= 0.3 is 0 Å². The summed E-state index contributed by atoms with van der Waals surface area (Å²) in [6.45, 7) is 0. The molecule has 0 aliphatic carbocycles. The third kappa shape index (κ3) is 2.47. The van der Waals surface area contributed by atoms with E-state index in [0.29, 0.717) is 5.75 Å². The van der Waals surface area contributed by atoms with Gasteiger partial charge in [0, 0.05) is 5.22 Å².